The molecule has 0 saturated heterocycles. The highest BCUT2D eigenvalue weighted by Gasteiger charge is 2.11. The minimum absolute atomic E-state index is 0. The summed E-state index contributed by atoms with van der Waals surface area (Å²) in [5.41, 5.74) is 2.58. The van der Waals surface area contributed by atoms with Crippen LogP contribution in [0.1, 0.15) is 101 Å². The second-order valence-corrected chi connectivity index (χ2v) is 13.5. The zero-order chi connectivity index (χ0) is 41.1. The molecule has 0 aromatic heterocycles. The summed E-state index contributed by atoms with van der Waals surface area (Å²) >= 11 is 0. The fraction of sp³-hybridized carbons (Fsp3) is 0.309. The van der Waals surface area contributed by atoms with E-state index >= 15 is 0 Å². The Hall–Kier alpha value is -5.54. The van der Waals surface area contributed by atoms with Gasteiger partial charge in [0.1, 0.15) is 17.2 Å². The van der Waals surface area contributed by atoms with Crippen molar-refractivity contribution in [2.75, 3.05) is 0 Å². The first-order valence-electron chi connectivity index (χ1n) is 20.6. The van der Waals surface area contributed by atoms with E-state index in [1.54, 1.807) is 18.2 Å². The van der Waals surface area contributed by atoms with Gasteiger partial charge in [0.25, 0.3) is 0 Å². The van der Waals surface area contributed by atoms with Crippen molar-refractivity contribution in [3.8, 4) is 17.2 Å². The predicted octanol–water partition coefficient (Wildman–Crippen LogP) is 16.8. The van der Waals surface area contributed by atoms with Crippen LogP contribution >= 0.6 is 0 Å². The number of hydrogen-bond acceptors (Lipinski definition) is 3. The molecule has 0 fully saturated rings. The van der Waals surface area contributed by atoms with E-state index in [1.807, 2.05) is 98.8 Å². The second kappa shape index (κ2) is 30.6. The first kappa shape index (κ1) is 52.5. The molecule has 0 amide bonds. The SMILES string of the molecule is C.C.CC.CCC.CCC.CCC.Oc1ccc(CC2C=CC=C2)c2ccccc12.Oc1ccc(CC2C=CC=C2)c2ccccc12.Oc1cccc2ccccc12. The second-order valence-electron chi connectivity index (χ2n) is 13.5. The number of benzene rings is 6. The summed E-state index contributed by atoms with van der Waals surface area (Å²) in [6.07, 6.45) is 22.9. The van der Waals surface area contributed by atoms with Gasteiger partial charge in [0, 0.05) is 16.2 Å². The van der Waals surface area contributed by atoms with Crippen molar-refractivity contribution in [3.05, 3.63) is 175 Å². The first-order valence-corrected chi connectivity index (χ1v) is 20.6. The molecule has 0 atom stereocenters. The van der Waals surface area contributed by atoms with E-state index in [9.17, 15) is 15.3 Å². The normalized spacial score (nSPS) is 11.7. The summed E-state index contributed by atoms with van der Waals surface area (Å²) < 4.78 is 0. The van der Waals surface area contributed by atoms with E-state index in [0.717, 1.165) is 45.2 Å². The number of allylic oxidation sites excluding steroid dienone is 8. The van der Waals surface area contributed by atoms with Crippen molar-refractivity contribution >= 4 is 32.3 Å². The molecular formula is C55H74O3. The Kier molecular flexibility index (Phi) is 27.7. The van der Waals surface area contributed by atoms with Crippen LogP contribution in [0.25, 0.3) is 32.3 Å². The summed E-state index contributed by atoms with van der Waals surface area (Å²) in [5.74, 6) is 2.05. The van der Waals surface area contributed by atoms with Crippen molar-refractivity contribution in [2.24, 2.45) is 11.8 Å². The summed E-state index contributed by atoms with van der Waals surface area (Å²) in [6, 6.07) is 37.0. The van der Waals surface area contributed by atoms with E-state index in [0.29, 0.717) is 29.1 Å². The van der Waals surface area contributed by atoms with Gasteiger partial charge in [0.2, 0.25) is 0 Å². The first-order chi connectivity index (χ1) is 27.3. The van der Waals surface area contributed by atoms with Gasteiger partial charge in [0.05, 0.1) is 0 Å². The average molecular weight is 783 g/mol. The van der Waals surface area contributed by atoms with Crippen LogP contribution in [0.4, 0.5) is 0 Å². The van der Waals surface area contributed by atoms with Crippen LogP contribution in [0.15, 0.2) is 164 Å². The van der Waals surface area contributed by atoms with Crippen LogP contribution in [0.2, 0.25) is 0 Å². The predicted molar refractivity (Wildman–Crippen MR) is 260 cm³/mol. The van der Waals surface area contributed by atoms with Gasteiger partial charge in [-0.05, 0) is 70.2 Å². The highest BCUT2D eigenvalue weighted by atomic mass is 16.3. The molecule has 3 N–H and O–H groups in total. The minimum atomic E-state index is 0. The van der Waals surface area contributed by atoms with Crippen molar-refractivity contribution in [3.63, 3.8) is 0 Å². The zero-order valence-electron chi connectivity index (χ0n) is 35.1. The van der Waals surface area contributed by atoms with Crippen LogP contribution in [-0.4, -0.2) is 15.3 Å². The fourth-order valence-corrected chi connectivity index (χ4v) is 5.99. The van der Waals surface area contributed by atoms with Gasteiger partial charge in [-0.2, -0.15) is 0 Å². The number of aromatic hydroxyl groups is 3. The monoisotopic (exact) mass is 783 g/mol. The van der Waals surface area contributed by atoms with Crippen LogP contribution in [0.3, 0.4) is 0 Å². The summed E-state index contributed by atoms with van der Waals surface area (Å²) in [5, 5.41) is 35.2. The Balaban J connectivity index is 0.000000746. The molecule has 0 radical (unpaired) electrons. The molecule has 312 valence electrons. The summed E-state index contributed by atoms with van der Waals surface area (Å²) in [6.45, 7) is 16.8. The molecule has 58 heavy (non-hydrogen) atoms. The van der Waals surface area contributed by atoms with Crippen molar-refractivity contribution in [2.45, 2.75) is 102 Å². The van der Waals surface area contributed by atoms with Crippen LogP contribution < -0.4 is 0 Å². The number of phenols is 3. The molecule has 0 bridgehead atoms. The van der Waals surface area contributed by atoms with E-state index in [-0.39, 0.29) is 14.9 Å². The number of rotatable bonds is 4. The summed E-state index contributed by atoms with van der Waals surface area (Å²) in [7, 11) is 0. The molecule has 6 aromatic rings. The molecule has 8 rings (SSSR count). The lowest BCUT2D eigenvalue weighted by atomic mass is 9.95. The van der Waals surface area contributed by atoms with Crippen molar-refractivity contribution in [1.29, 1.82) is 0 Å². The molecule has 0 spiro atoms. The number of hydrogen-bond donors (Lipinski definition) is 3. The smallest absolute Gasteiger partial charge is 0.123 e. The van der Waals surface area contributed by atoms with Crippen LogP contribution in [-0.2, 0) is 12.8 Å². The van der Waals surface area contributed by atoms with Gasteiger partial charge in [-0.3, -0.25) is 0 Å². The maximum atomic E-state index is 9.83. The molecule has 0 saturated carbocycles. The van der Waals surface area contributed by atoms with Crippen LogP contribution in [0.5, 0.6) is 17.2 Å². The summed E-state index contributed by atoms with van der Waals surface area (Å²) in [4.78, 5) is 0. The third-order valence-electron chi connectivity index (χ3n) is 8.32. The lowest BCUT2D eigenvalue weighted by molar-refractivity contribution is 0.481. The highest BCUT2D eigenvalue weighted by Crippen LogP contribution is 2.31. The Morgan fingerprint density at radius 3 is 1.02 bits per heavy atom. The molecule has 2 aliphatic rings. The largest absolute Gasteiger partial charge is 0.507 e. The standard InChI is InChI=1S/2C16H14O.C10H8O.3C3H8.C2H6.2CH4/c2*17-16-10-9-13(11-12-5-1-2-6-12)14-7-3-4-8-15(14)16;11-10-7-3-5-8-4-1-2-6-9(8)10;3*1-3-2;1-2;;/h2*1-10,12,17H,11H2;1-7,11H;3*3H2,1-2H3;1-2H3;2*1H4. The van der Waals surface area contributed by atoms with Gasteiger partial charge < -0.3 is 15.3 Å². The molecule has 6 aromatic carbocycles. The third-order valence-corrected chi connectivity index (χ3v) is 8.32. The Labute approximate surface area is 352 Å². The van der Waals surface area contributed by atoms with E-state index in [2.05, 4.69) is 102 Å². The maximum Gasteiger partial charge on any atom is 0.123 e. The molecule has 3 heteroatoms. The molecule has 0 heterocycles. The molecule has 3 nitrogen and oxygen atoms in total. The highest BCUT2D eigenvalue weighted by molar-refractivity contribution is 5.92. The fourth-order valence-electron chi connectivity index (χ4n) is 5.99. The van der Waals surface area contributed by atoms with Gasteiger partial charge in [-0.15, -0.1) is 0 Å². The average Bonchev–Trinajstić information content (AvgIpc) is 3.95. The van der Waals surface area contributed by atoms with Crippen molar-refractivity contribution < 1.29 is 15.3 Å². The maximum absolute atomic E-state index is 9.83. The zero-order valence-corrected chi connectivity index (χ0v) is 35.1. The van der Waals surface area contributed by atoms with Gasteiger partial charge >= 0.3 is 0 Å². The lowest BCUT2D eigenvalue weighted by Gasteiger charge is -2.10. The molecule has 0 aliphatic heterocycles. The Morgan fingerprint density at radius 1 is 0.362 bits per heavy atom. The molecular weight excluding hydrogens is 709 g/mol. The van der Waals surface area contributed by atoms with Gasteiger partial charge in [0.15, 0.2) is 0 Å². The third kappa shape index (κ3) is 16.9. The van der Waals surface area contributed by atoms with Gasteiger partial charge in [-0.25, -0.2) is 0 Å². The van der Waals surface area contributed by atoms with Gasteiger partial charge in [-0.1, -0.05) is 235 Å². The quantitative estimate of drug-likeness (QED) is 0.167. The molecule has 2 aliphatic carbocycles. The Morgan fingerprint density at radius 2 is 0.655 bits per heavy atom. The van der Waals surface area contributed by atoms with E-state index in [1.165, 1.54) is 30.4 Å². The van der Waals surface area contributed by atoms with E-state index in [4.69, 9.17) is 0 Å². The lowest BCUT2D eigenvalue weighted by Crippen LogP contribution is -1.96. The topological polar surface area (TPSA) is 60.7 Å². The number of phenolic OH excluding ortho intramolecular Hbond substituents is 3. The van der Waals surface area contributed by atoms with Crippen LogP contribution in [0, 0.1) is 11.8 Å². The Bertz CT molecular complexity index is 1970. The van der Waals surface area contributed by atoms with E-state index < -0.39 is 0 Å². The number of fused-ring (bicyclic) bond motifs is 3. The molecule has 0 unspecified atom stereocenters. The van der Waals surface area contributed by atoms with Crippen molar-refractivity contribution in [1.82, 2.24) is 0 Å². The minimum Gasteiger partial charge on any atom is -0.507 e.